The zero-order valence-electron chi connectivity index (χ0n) is 4.35. The fourth-order valence-corrected chi connectivity index (χ4v) is 1.47. The molecular formula is C5H6SeZn. The summed E-state index contributed by atoms with van der Waals surface area (Å²) in [4.78, 5) is 2.22. The van der Waals surface area contributed by atoms with E-state index < -0.39 is 0 Å². The molecule has 0 atom stereocenters. The minimum Gasteiger partial charge on any atom is 0 e. The minimum absolute atomic E-state index is 0. The quantitative estimate of drug-likeness (QED) is 0.562. The van der Waals surface area contributed by atoms with Gasteiger partial charge in [0.15, 0.2) is 0 Å². The van der Waals surface area contributed by atoms with E-state index in [9.17, 15) is 0 Å². The summed E-state index contributed by atoms with van der Waals surface area (Å²) in [5.41, 5.74) is 0. The molecule has 0 spiro atoms. The van der Waals surface area contributed by atoms with Crippen LogP contribution in [0.4, 0.5) is 0 Å². The summed E-state index contributed by atoms with van der Waals surface area (Å²) in [5.74, 6) is 0. The largest absolute Gasteiger partial charge is 0 e. The molecule has 0 aromatic carbocycles. The first-order valence-corrected chi connectivity index (χ1v) is 3.74. The van der Waals surface area contributed by atoms with Crippen molar-refractivity contribution in [3.8, 4) is 0 Å². The molecule has 0 saturated heterocycles. The molecule has 7 heavy (non-hydrogen) atoms. The van der Waals surface area contributed by atoms with Crippen molar-refractivity contribution in [1.82, 2.24) is 0 Å². The third-order valence-corrected chi connectivity index (χ3v) is 2.34. The van der Waals surface area contributed by atoms with Crippen molar-refractivity contribution in [2.45, 2.75) is 6.92 Å². The Hall–Kier alpha value is 0.623. The van der Waals surface area contributed by atoms with Crippen LogP contribution in [0.1, 0.15) is 4.44 Å². The second-order valence-corrected chi connectivity index (χ2v) is 3.64. The third kappa shape index (κ3) is 2.44. The van der Waals surface area contributed by atoms with Crippen LogP contribution in [0.2, 0.25) is 0 Å². The molecule has 0 N–H and O–H groups in total. The van der Waals surface area contributed by atoms with Crippen LogP contribution >= 0.6 is 0 Å². The van der Waals surface area contributed by atoms with Crippen molar-refractivity contribution in [3.63, 3.8) is 0 Å². The number of aryl methyl sites for hydroxylation is 1. The molecule has 0 nitrogen and oxygen atoms in total. The Morgan fingerprint density at radius 1 is 1.57 bits per heavy atom. The first kappa shape index (κ1) is 7.62. The second kappa shape index (κ2) is 3.60. The van der Waals surface area contributed by atoms with Gasteiger partial charge in [-0.25, -0.2) is 0 Å². The molecule has 1 rings (SSSR count). The zero-order chi connectivity index (χ0) is 4.41. The molecule has 0 radical (unpaired) electrons. The topological polar surface area (TPSA) is 0 Å². The van der Waals surface area contributed by atoms with Gasteiger partial charge >= 0.3 is 42.9 Å². The summed E-state index contributed by atoms with van der Waals surface area (Å²) in [6.07, 6.45) is 0. The molecule has 0 aliphatic carbocycles. The summed E-state index contributed by atoms with van der Waals surface area (Å²) >= 11 is 0.708. The van der Waals surface area contributed by atoms with Gasteiger partial charge in [0.05, 0.1) is 0 Å². The van der Waals surface area contributed by atoms with Gasteiger partial charge in [0.1, 0.15) is 0 Å². The van der Waals surface area contributed by atoms with E-state index >= 15 is 0 Å². The van der Waals surface area contributed by atoms with E-state index in [1.54, 1.807) is 0 Å². The van der Waals surface area contributed by atoms with Crippen molar-refractivity contribution >= 4 is 14.5 Å². The monoisotopic (exact) mass is 210 g/mol. The van der Waals surface area contributed by atoms with Crippen molar-refractivity contribution < 1.29 is 19.5 Å². The van der Waals surface area contributed by atoms with Crippen LogP contribution in [0, 0.1) is 6.92 Å². The van der Waals surface area contributed by atoms with Gasteiger partial charge in [-0.15, -0.1) is 0 Å². The van der Waals surface area contributed by atoms with Gasteiger partial charge < -0.3 is 0 Å². The van der Waals surface area contributed by atoms with Crippen LogP contribution in [0.3, 0.4) is 0 Å². The Morgan fingerprint density at radius 3 is 2.43 bits per heavy atom. The van der Waals surface area contributed by atoms with Gasteiger partial charge in [-0.1, -0.05) is 0 Å². The van der Waals surface area contributed by atoms with Crippen LogP contribution in [-0.2, 0) is 19.5 Å². The maximum atomic E-state index is 2.22. The van der Waals surface area contributed by atoms with Crippen LogP contribution in [-0.4, -0.2) is 14.5 Å². The van der Waals surface area contributed by atoms with Crippen LogP contribution < -0.4 is 0 Å². The first-order valence-electron chi connectivity index (χ1n) is 1.90. The molecule has 0 fully saturated rings. The predicted molar refractivity (Wildman–Crippen MR) is 28.1 cm³/mol. The van der Waals surface area contributed by atoms with Gasteiger partial charge in [-0.3, -0.25) is 0 Å². The molecule has 1 heterocycles. The number of rotatable bonds is 0. The average molecular weight is 210 g/mol. The van der Waals surface area contributed by atoms with Crippen LogP contribution in [0.15, 0.2) is 17.1 Å². The number of hydrogen-bond donors (Lipinski definition) is 0. The van der Waals surface area contributed by atoms with E-state index in [1.807, 2.05) is 0 Å². The Morgan fingerprint density at radius 2 is 2.29 bits per heavy atom. The van der Waals surface area contributed by atoms with Crippen LogP contribution in [0.5, 0.6) is 0 Å². The van der Waals surface area contributed by atoms with Gasteiger partial charge in [0.2, 0.25) is 0 Å². The molecule has 2 heteroatoms. The van der Waals surface area contributed by atoms with E-state index in [4.69, 9.17) is 0 Å². The third-order valence-electron chi connectivity index (χ3n) is 0.663. The molecule has 1 aromatic rings. The Labute approximate surface area is 62.4 Å². The second-order valence-electron chi connectivity index (χ2n) is 1.22. The molecular weight excluding hydrogens is 204 g/mol. The summed E-state index contributed by atoms with van der Waals surface area (Å²) in [7, 11) is 0. The van der Waals surface area contributed by atoms with Crippen molar-refractivity contribution in [3.05, 3.63) is 21.5 Å². The van der Waals surface area contributed by atoms with Gasteiger partial charge in [0.25, 0.3) is 0 Å². The van der Waals surface area contributed by atoms with E-state index in [-0.39, 0.29) is 19.5 Å². The normalized spacial score (nSPS) is 7.57. The van der Waals surface area contributed by atoms with Gasteiger partial charge in [-0.2, -0.15) is 0 Å². The zero-order valence-corrected chi connectivity index (χ0v) is 9.03. The summed E-state index contributed by atoms with van der Waals surface area (Å²) in [6.45, 7) is 2.17. The maximum absolute atomic E-state index is 2.22. The predicted octanol–water partition coefficient (Wildman–Crippen LogP) is 1.05. The van der Waals surface area contributed by atoms with Gasteiger partial charge in [-0.05, 0) is 0 Å². The molecule has 34 valence electrons. The standard InChI is InChI=1S/C5H6Se.Zn/c1-5-3-2-4-6-5;/h2-4H,1H3;. The van der Waals surface area contributed by atoms with E-state index in [0.717, 1.165) is 0 Å². The van der Waals surface area contributed by atoms with E-state index in [0.29, 0.717) is 14.5 Å². The maximum Gasteiger partial charge on any atom is 0 e. The molecule has 0 aliphatic heterocycles. The molecule has 0 amide bonds. The fourth-order valence-electron chi connectivity index (χ4n) is 0.361. The van der Waals surface area contributed by atoms with E-state index in [1.165, 1.54) is 4.44 Å². The molecule has 0 unspecified atom stereocenters. The first-order chi connectivity index (χ1) is 2.89. The Balaban J connectivity index is 0.000000360. The summed E-state index contributed by atoms with van der Waals surface area (Å²) < 4.78 is 1.53. The molecule has 1 aromatic heterocycles. The van der Waals surface area contributed by atoms with Crippen molar-refractivity contribution in [2.24, 2.45) is 0 Å². The van der Waals surface area contributed by atoms with Crippen molar-refractivity contribution in [1.29, 1.82) is 0 Å². The average Bonchev–Trinajstić information content (AvgIpc) is 1.86. The molecule has 0 saturated carbocycles. The van der Waals surface area contributed by atoms with Crippen molar-refractivity contribution in [2.75, 3.05) is 0 Å². The Bertz CT molecular complexity index is 112. The molecule has 0 aliphatic rings. The van der Waals surface area contributed by atoms with Gasteiger partial charge in [0, 0.05) is 19.5 Å². The van der Waals surface area contributed by atoms with E-state index in [2.05, 4.69) is 24.0 Å². The SMILES string of the molecule is Cc1ccc[se]1.[Zn]. The number of hydrogen-bond acceptors (Lipinski definition) is 0. The smallest absolute Gasteiger partial charge is 0 e. The Kier molecular flexibility index (Phi) is 3.92. The fraction of sp³-hybridized carbons (Fsp3) is 0.200. The molecule has 0 bridgehead atoms. The summed E-state index contributed by atoms with van der Waals surface area (Å²) in [5, 5.41) is 0. The van der Waals surface area contributed by atoms with Crippen LogP contribution in [0.25, 0.3) is 0 Å². The summed E-state index contributed by atoms with van der Waals surface area (Å²) in [6, 6.07) is 4.29. The minimum atomic E-state index is 0.